The maximum absolute atomic E-state index is 5.78. The van der Waals surface area contributed by atoms with Crippen LogP contribution in [0.1, 0.15) is 17.4 Å². The maximum atomic E-state index is 5.78. The van der Waals surface area contributed by atoms with Gasteiger partial charge in [0.15, 0.2) is 0 Å². The van der Waals surface area contributed by atoms with E-state index in [1.54, 1.807) is 17.5 Å². The zero-order chi connectivity index (χ0) is 12.3. The molecule has 2 heterocycles. The van der Waals surface area contributed by atoms with E-state index in [-0.39, 0.29) is 5.28 Å². The molecule has 90 valence electrons. The number of hydrogen-bond acceptors (Lipinski definition) is 4. The molecule has 0 spiro atoms. The van der Waals surface area contributed by atoms with E-state index in [1.807, 2.05) is 6.92 Å². The molecule has 17 heavy (non-hydrogen) atoms. The maximum Gasteiger partial charge on any atom is 0.224 e. The normalized spacial score (nSPS) is 12.4. The lowest BCUT2D eigenvalue weighted by molar-refractivity contribution is 0.791. The summed E-state index contributed by atoms with van der Waals surface area (Å²) in [6.07, 6.45) is 2.72. The lowest BCUT2D eigenvalue weighted by Crippen LogP contribution is -2.19. The zero-order valence-electron chi connectivity index (χ0n) is 9.77. The summed E-state index contributed by atoms with van der Waals surface area (Å²) in [5.41, 5.74) is 1.01. The number of hydrogen-bond donors (Lipinski definition) is 1. The highest BCUT2D eigenvalue weighted by Crippen LogP contribution is 2.17. The van der Waals surface area contributed by atoms with Gasteiger partial charge in [-0.2, -0.15) is 0 Å². The number of halogens is 1. The number of rotatable bonds is 4. The van der Waals surface area contributed by atoms with Gasteiger partial charge in [0.05, 0.1) is 0 Å². The third-order valence-corrected chi connectivity index (χ3v) is 3.49. The van der Waals surface area contributed by atoms with Crippen LogP contribution in [0.15, 0.2) is 23.7 Å². The van der Waals surface area contributed by atoms with Crippen molar-refractivity contribution in [3.8, 4) is 0 Å². The second-order valence-corrected chi connectivity index (χ2v) is 5.37. The molecular weight excluding hydrogens is 254 g/mol. The molecule has 0 saturated carbocycles. The fraction of sp³-hybridized carbons (Fsp3) is 0.333. The Labute approximate surface area is 110 Å². The van der Waals surface area contributed by atoms with E-state index in [4.69, 9.17) is 11.6 Å². The van der Waals surface area contributed by atoms with Crippen LogP contribution in [-0.4, -0.2) is 16.0 Å². The standard InChI is InChI=1S/C12H14ClN3S/c1-8-7-14-12(13)16-11(8)15-9(2)6-10-4-3-5-17-10/h3-5,7,9H,6H2,1-2H3,(H,14,15,16). The van der Waals surface area contributed by atoms with Gasteiger partial charge in [-0.25, -0.2) is 9.97 Å². The van der Waals surface area contributed by atoms with Gasteiger partial charge < -0.3 is 5.32 Å². The number of nitrogens with one attached hydrogen (secondary N) is 1. The van der Waals surface area contributed by atoms with E-state index in [1.165, 1.54) is 4.88 Å². The molecule has 2 aromatic rings. The number of aryl methyl sites for hydroxylation is 1. The summed E-state index contributed by atoms with van der Waals surface area (Å²) in [5.74, 6) is 0.814. The van der Waals surface area contributed by atoms with Crippen LogP contribution in [0.2, 0.25) is 5.28 Å². The van der Waals surface area contributed by atoms with Crippen LogP contribution in [0.4, 0.5) is 5.82 Å². The fourth-order valence-corrected chi connectivity index (χ4v) is 2.55. The van der Waals surface area contributed by atoms with Crippen LogP contribution in [-0.2, 0) is 6.42 Å². The molecule has 1 atom stereocenters. The largest absolute Gasteiger partial charge is 0.367 e. The third kappa shape index (κ3) is 3.41. The van der Waals surface area contributed by atoms with E-state index in [0.29, 0.717) is 6.04 Å². The highest BCUT2D eigenvalue weighted by atomic mass is 35.5. The molecule has 2 rings (SSSR count). The molecule has 0 saturated heterocycles. The van der Waals surface area contributed by atoms with Gasteiger partial charge in [-0.05, 0) is 36.9 Å². The first-order chi connectivity index (χ1) is 8.15. The van der Waals surface area contributed by atoms with Crippen molar-refractivity contribution in [2.75, 3.05) is 5.32 Å². The van der Waals surface area contributed by atoms with Crippen LogP contribution in [0, 0.1) is 6.92 Å². The Hall–Kier alpha value is -1.13. The fourth-order valence-electron chi connectivity index (χ4n) is 1.58. The highest BCUT2D eigenvalue weighted by Gasteiger charge is 2.08. The lowest BCUT2D eigenvalue weighted by atomic mass is 10.2. The van der Waals surface area contributed by atoms with Crippen molar-refractivity contribution in [2.24, 2.45) is 0 Å². The van der Waals surface area contributed by atoms with Crippen molar-refractivity contribution in [3.63, 3.8) is 0 Å². The molecule has 5 heteroatoms. The van der Waals surface area contributed by atoms with Gasteiger partial charge in [0.1, 0.15) is 5.82 Å². The Bertz CT molecular complexity index is 485. The van der Waals surface area contributed by atoms with Crippen molar-refractivity contribution < 1.29 is 0 Å². The second kappa shape index (κ2) is 5.47. The first kappa shape index (κ1) is 12.3. The lowest BCUT2D eigenvalue weighted by Gasteiger charge is -2.15. The van der Waals surface area contributed by atoms with Gasteiger partial charge in [0, 0.05) is 29.1 Å². The van der Waals surface area contributed by atoms with Crippen LogP contribution in [0.3, 0.4) is 0 Å². The van der Waals surface area contributed by atoms with Crippen molar-refractivity contribution in [1.29, 1.82) is 0 Å². The van der Waals surface area contributed by atoms with Crippen molar-refractivity contribution in [3.05, 3.63) is 39.4 Å². The molecule has 0 bridgehead atoms. The number of anilines is 1. The Kier molecular flexibility index (Phi) is 3.97. The van der Waals surface area contributed by atoms with E-state index in [9.17, 15) is 0 Å². The van der Waals surface area contributed by atoms with Gasteiger partial charge in [0.2, 0.25) is 5.28 Å². The van der Waals surface area contributed by atoms with Crippen molar-refractivity contribution in [2.45, 2.75) is 26.3 Å². The Morgan fingerprint density at radius 1 is 1.53 bits per heavy atom. The summed E-state index contributed by atoms with van der Waals surface area (Å²) in [5, 5.41) is 5.73. The number of aromatic nitrogens is 2. The first-order valence-electron chi connectivity index (χ1n) is 5.43. The minimum absolute atomic E-state index is 0.279. The molecule has 0 aliphatic rings. The van der Waals surface area contributed by atoms with Gasteiger partial charge in [-0.15, -0.1) is 11.3 Å². The van der Waals surface area contributed by atoms with E-state index < -0.39 is 0 Å². The van der Waals surface area contributed by atoms with Crippen LogP contribution in [0.25, 0.3) is 0 Å². The van der Waals surface area contributed by atoms with Crippen LogP contribution >= 0.6 is 22.9 Å². The topological polar surface area (TPSA) is 37.8 Å². The SMILES string of the molecule is Cc1cnc(Cl)nc1NC(C)Cc1cccs1. The van der Waals surface area contributed by atoms with E-state index in [2.05, 4.69) is 39.7 Å². The first-order valence-corrected chi connectivity index (χ1v) is 6.69. The minimum atomic E-state index is 0.279. The van der Waals surface area contributed by atoms with Gasteiger partial charge in [-0.1, -0.05) is 6.07 Å². The predicted octanol–water partition coefficient (Wildman–Crippen LogP) is 3.54. The van der Waals surface area contributed by atoms with Crippen molar-refractivity contribution in [1.82, 2.24) is 9.97 Å². The second-order valence-electron chi connectivity index (χ2n) is 4.00. The molecule has 1 N–H and O–H groups in total. The molecule has 0 aromatic carbocycles. The minimum Gasteiger partial charge on any atom is -0.367 e. The summed E-state index contributed by atoms with van der Waals surface area (Å²) in [6.45, 7) is 4.10. The third-order valence-electron chi connectivity index (χ3n) is 2.41. The number of thiophene rings is 1. The quantitative estimate of drug-likeness (QED) is 0.861. The Morgan fingerprint density at radius 3 is 3.06 bits per heavy atom. The summed E-state index contributed by atoms with van der Waals surface area (Å²) < 4.78 is 0. The summed E-state index contributed by atoms with van der Waals surface area (Å²) in [6, 6.07) is 4.53. The molecule has 0 fully saturated rings. The molecule has 0 aliphatic heterocycles. The predicted molar refractivity (Wildman–Crippen MR) is 72.9 cm³/mol. The monoisotopic (exact) mass is 267 g/mol. The summed E-state index contributed by atoms with van der Waals surface area (Å²) >= 11 is 7.55. The zero-order valence-corrected chi connectivity index (χ0v) is 11.3. The average molecular weight is 268 g/mol. The molecule has 0 radical (unpaired) electrons. The number of nitrogens with zero attached hydrogens (tertiary/aromatic N) is 2. The smallest absolute Gasteiger partial charge is 0.224 e. The van der Waals surface area contributed by atoms with E-state index in [0.717, 1.165) is 17.8 Å². The molecule has 2 aromatic heterocycles. The Balaban J connectivity index is 2.02. The molecular formula is C12H14ClN3S. The van der Waals surface area contributed by atoms with Crippen molar-refractivity contribution >= 4 is 28.8 Å². The highest BCUT2D eigenvalue weighted by molar-refractivity contribution is 7.09. The van der Waals surface area contributed by atoms with Gasteiger partial charge in [0.25, 0.3) is 0 Å². The molecule has 3 nitrogen and oxygen atoms in total. The molecule has 0 amide bonds. The summed E-state index contributed by atoms with van der Waals surface area (Å²) in [4.78, 5) is 9.49. The summed E-state index contributed by atoms with van der Waals surface area (Å²) in [7, 11) is 0. The van der Waals surface area contributed by atoms with Gasteiger partial charge in [-0.3, -0.25) is 0 Å². The van der Waals surface area contributed by atoms with Crippen LogP contribution in [0.5, 0.6) is 0 Å². The molecule has 1 unspecified atom stereocenters. The van der Waals surface area contributed by atoms with Gasteiger partial charge >= 0.3 is 0 Å². The van der Waals surface area contributed by atoms with E-state index >= 15 is 0 Å². The Morgan fingerprint density at radius 2 is 2.35 bits per heavy atom. The van der Waals surface area contributed by atoms with Crippen LogP contribution < -0.4 is 5.32 Å². The molecule has 0 aliphatic carbocycles. The average Bonchev–Trinajstić information content (AvgIpc) is 2.76.